The molecule has 0 spiro atoms. The average Bonchev–Trinajstić information content (AvgIpc) is 2.84. The summed E-state index contributed by atoms with van der Waals surface area (Å²) in [4.78, 5) is 0. The van der Waals surface area contributed by atoms with Gasteiger partial charge in [-0.25, -0.2) is 13.2 Å². The van der Waals surface area contributed by atoms with Crippen LogP contribution in [-0.4, -0.2) is 22.8 Å². The number of halogens is 3. The summed E-state index contributed by atoms with van der Waals surface area (Å²) in [6.07, 6.45) is 0.469. The summed E-state index contributed by atoms with van der Waals surface area (Å²) in [5.74, 6) is -4.01. The summed E-state index contributed by atoms with van der Waals surface area (Å²) in [6, 6.07) is 2.20. The first-order valence-corrected chi connectivity index (χ1v) is 6.18. The lowest BCUT2D eigenvalue weighted by Crippen LogP contribution is -2.25. The molecule has 1 heterocycles. The molecule has 1 N–H and O–H groups in total. The quantitative estimate of drug-likeness (QED) is 0.858. The van der Waals surface area contributed by atoms with Crippen LogP contribution in [0, 0.1) is 17.5 Å². The van der Waals surface area contributed by atoms with E-state index in [1.165, 1.54) is 0 Å². The number of rotatable bonds is 5. The van der Waals surface area contributed by atoms with Crippen molar-refractivity contribution in [1.29, 1.82) is 0 Å². The standard InChI is InChI=1S/C13H14F3N3O/c1-7(2)17-6-5-10-18-19-13(20-10)8-3-4-9(14)12(16)11(8)15/h3-4,7,17H,5-6H2,1-2H3. The summed E-state index contributed by atoms with van der Waals surface area (Å²) in [6.45, 7) is 4.62. The van der Waals surface area contributed by atoms with Crippen molar-refractivity contribution in [3.8, 4) is 11.5 Å². The zero-order chi connectivity index (χ0) is 14.7. The van der Waals surface area contributed by atoms with E-state index in [-0.39, 0.29) is 11.5 Å². The summed E-state index contributed by atoms with van der Waals surface area (Å²) in [7, 11) is 0. The monoisotopic (exact) mass is 285 g/mol. The number of aromatic nitrogens is 2. The molecule has 0 radical (unpaired) electrons. The lowest BCUT2D eigenvalue weighted by molar-refractivity contribution is 0.443. The average molecular weight is 285 g/mol. The van der Waals surface area contributed by atoms with Crippen molar-refractivity contribution in [3.63, 3.8) is 0 Å². The summed E-state index contributed by atoms with van der Waals surface area (Å²) in [5, 5.41) is 10.5. The van der Waals surface area contributed by atoms with Gasteiger partial charge in [-0.1, -0.05) is 13.8 Å². The highest BCUT2D eigenvalue weighted by Crippen LogP contribution is 2.24. The van der Waals surface area contributed by atoms with E-state index in [2.05, 4.69) is 15.5 Å². The van der Waals surface area contributed by atoms with Crippen LogP contribution in [0.2, 0.25) is 0 Å². The van der Waals surface area contributed by atoms with Gasteiger partial charge in [-0.15, -0.1) is 10.2 Å². The third kappa shape index (κ3) is 3.16. The molecule has 1 aromatic heterocycles. The lowest BCUT2D eigenvalue weighted by Gasteiger charge is -2.04. The summed E-state index contributed by atoms with van der Waals surface area (Å²) in [5.41, 5.74) is -0.250. The zero-order valence-corrected chi connectivity index (χ0v) is 11.1. The van der Waals surface area contributed by atoms with E-state index in [0.717, 1.165) is 12.1 Å². The Balaban J connectivity index is 2.15. The van der Waals surface area contributed by atoms with Crippen molar-refractivity contribution in [2.24, 2.45) is 0 Å². The van der Waals surface area contributed by atoms with Crippen LogP contribution in [0.1, 0.15) is 19.7 Å². The van der Waals surface area contributed by atoms with E-state index in [9.17, 15) is 13.2 Å². The number of hydrogen-bond acceptors (Lipinski definition) is 4. The molecule has 2 aromatic rings. The van der Waals surface area contributed by atoms with E-state index in [4.69, 9.17) is 4.42 Å². The summed E-state index contributed by atoms with van der Waals surface area (Å²) >= 11 is 0. The number of hydrogen-bond donors (Lipinski definition) is 1. The van der Waals surface area contributed by atoms with Gasteiger partial charge >= 0.3 is 0 Å². The van der Waals surface area contributed by atoms with Crippen molar-refractivity contribution >= 4 is 0 Å². The van der Waals surface area contributed by atoms with Crippen molar-refractivity contribution in [2.75, 3.05) is 6.54 Å². The third-order valence-electron chi connectivity index (χ3n) is 2.62. The van der Waals surface area contributed by atoms with Crippen molar-refractivity contribution < 1.29 is 17.6 Å². The predicted octanol–water partition coefficient (Wildman–Crippen LogP) is 2.69. The fourth-order valence-electron chi connectivity index (χ4n) is 1.62. The minimum atomic E-state index is -1.55. The second-order valence-electron chi connectivity index (χ2n) is 4.58. The Kier molecular flexibility index (Phi) is 4.39. The maximum absolute atomic E-state index is 13.6. The van der Waals surface area contributed by atoms with Gasteiger partial charge in [0.2, 0.25) is 5.89 Å². The van der Waals surface area contributed by atoms with Crippen molar-refractivity contribution in [2.45, 2.75) is 26.3 Å². The van der Waals surface area contributed by atoms with Gasteiger partial charge < -0.3 is 9.73 Å². The topological polar surface area (TPSA) is 51.0 Å². The Morgan fingerprint density at radius 1 is 1.15 bits per heavy atom. The largest absolute Gasteiger partial charge is 0.421 e. The fourth-order valence-corrected chi connectivity index (χ4v) is 1.62. The molecule has 0 amide bonds. The molecule has 0 fully saturated rings. The van der Waals surface area contributed by atoms with Gasteiger partial charge in [0.1, 0.15) is 0 Å². The van der Waals surface area contributed by atoms with Crippen molar-refractivity contribution in [3.05, 3.63) is 35.5 Å². The van der Waals surface area contributed by atoms with Gasteiger partial charge in [0, 0.05) is 19.0 Å². The number of nitrogens with one attached hydrogen (secondary N) is 1. The van der Waals surface area contributed by atoms with Crippen LogP contribution in [0.5, 0.6) is 0 Å². The van der Waals surface area contributed by atoms with Crippen LogP contribution < -0.4 is 5.32 Å². The molecule has 7 heteroatoms. The molecule has 0 atom stereocenters. The van der Waals surface area contributed by atoms with Gasteiger partial charge in [-0.3, -0.25) is 0 Å². The molecular formula is C13H14F3N3O. The molecule has 0 aliphatic carbocycles. The highest BCUT2D eigenvalue weighted by atomic mass is 19.2. The molecule has 1 aromatic carbocycles. The highest BCUT2D eigenvalue weighted by Gasteiger charge is 2.19. The van der Waals surface area contributed by atoms with E-state index in [1.54, 1.807) is 0 Å². The van der Waals surface area contributed by atoms with Crippen LogP contribution in [0.25, 0.3) is 11.5 Å². The van der Waals surface area contributed by atoms with Gasteiger partial charge in [0.15, 0.2) is 17.5 Å². The molecule has 0 aliphatic rings. The molecule has 0 saturated heterocycles. The summed E-state index contributed by atoms with van der Waals surface area (Å²) < 4.78 is 44.8. The van der Waals surface area contributed by atoms with Crippen LogP contribution in [0.15, 0.2) is 16.5 Å². The SMILES string of the molecule is CC(C)NCCc1nnc(-c2ccc(F)c(F)c2F)o1. The highest BCUT2D eigenvalue weighted by molar-refractivity contribution is 5.53. The van der Waals surface area contributed by atoms with Gasteiger partial charge in [0.25, 0.3) is 5.89 Å². The normalized spacial score (nSPS) is 11.3. The first-order valence-electron chi connectivity index (χ1n) is 6.18. The minimum Gasteiger partial charge on any atom is -0.421 e. The van der Waals surface area contributed by atoms with Crippen LogP contribution >= 0.6 is 0 Å². The smallest absolute Gasteiger partial charge is 0.250 e. The Bertz CT molecular complexity index is 599. The molecule has 108 valence electrons. The number of benzene rings is 1. The van der Waals surface area contributed by atoms with Crippen LogP contribution in [0.3, 0.4) is 0 Å². The van der Waals surface area contributed by atoms with Crippen LogP contribution in [-0.2, 0) is 6.42 Å². The van der Waals surface area contributed by atoms with E-state index >= 15 is 0 Å². The third-order valence-corrected chi connectivity index (χ3v) is 2.62. The molecule has 20 heavy (non-hydrogen) atoms. The Hall–Kier alpha value is -1.89. The maximum Gasteiger partial charge on any atom is 0.250 e. The van der Waals surface area contributed by atoms with Gasteiger partial charge in [0.05, 0.1) is 5.56 Å². The predicted molar refractivity (Wildman–Crippen MR) is 66.5 cm³/mol. The minimum absolute atomic E-state index is 0.166. The molecule has 2 rings (SSSR count). The van der Waals surface area contributed by atoms with Gasteiger partial charge in [-0.05, 0) is 12.1 Å². The van der Waals surface area contributed by atoms with E-state index in [1.807, 2.05) is 13.8 Å². The lowest BCUT2D eigenvalue weighted by atomic mass is 10.2. The van der Waals surface area contributed by atoms with E-state index < -0.39 is 17.5 Å². The molecule has 4 nitrogen and oxygen atoms in total. The van der Waals surface area contributed by atoms with E-state index in [0.29, 0.717) is 24.9 Å². The maximum atomic E-state index is 13.6. The van der Waals surface area contributed by atoms with Crippen LogP contribution in [0.4, 0.5) is 13.2 Å². The molecule has 0 aliphatic heterocycles. The molecule has 0 unspecified atom stereocenters. The fraction of sp³-hybridized carbons (Fsp3) is 0.385. The Labute approximate surface area is 114 Å². The molecule has 0 saturated carbocycles. The van der Waals surface area contributed by atoms with Crippen molar-refractivity contribution in [1.82, 2.24) is 15.5 Å². The Morgan fingerprint density at radius 3 is 2.60 bits per heavy atom. The molecule has 0 bridgehead atoms. The second kappa shape index (κ2) is 6.04. The zero-order valence-electron chi connectivity index (χ0n) is 11.1. The Morgan fingerprint density at radius 2 is 1.90 bits per heavy atom. The second-order valence-corrected chi connectivity index (χ2v) is 4.58. The molecular weight excluding hydrogens is 271 g/mol. The first-order chi connectivity index (χ1) is 9.49. The van der Waals surface area contributed by atoms with Gasteiger partial charge in [-0.2, -0.15) is 0 Å². The number of nitrogens with zero attached hydrogens (tertiary/aromatic N) is 2. The first kappa shape index (κ1) is 14.5.